The van der Waals surface area contributed by atoms with Gasteiger partial charge in [0, 0.05) is 20.8 Å². The first-order valence-corrected chi connectivity index (χ1v) is 5.13. The highest BCUT2D eigenvalue weighted by molar-refractivity contribution is 7.54. The highest BCUT2D eigenvalue weighted by Crippen LogP contribution is 2.54. The van der Waals surface area contributed by atoms with Crippen molar-refractivity contribution in [3.05, 3.63) is 0 Å². The Morgan fingerprint density at radius 1 is 1.45 bits per heavy atom. The Morgan fingerprint density at radius 2 is 2.09 bits per heavy atom. The van der Waals surface area contributed by atoms with Crippen LogP contribution in [0.25, 0.3) is 0 Å². The molecule has 0 aromatic carbocycles. The fourth-order valence-corrected chi connectivity index (χ4v) is 2.60. The summed E-state index contributed by atoms with van der Waals surface area (Å²) in [5.74, 6) is 0. The largest absolute Gasteiger partial charge is 0.380 e. The molecule has 1 aliphatic heterocycles. The second kappa shape index (κ2) is 3.68. The molecule has 0 N–H and O–H groups in total. The van der Waals surface area contributed by atoms with E-state index in [0.717, 1.165) is 6.42 Å². The summed E-state index contributed by atoms with van der Waals surface area (Å²) in [5.41, 5.74) is -0.0718. The lowest BCUT2D eigenvalue weighted by Crippen LogP contribution is -2.10. The number of hydrogen-bond donors (Lipinski definition) is 0. The molecule has 0 aliphatic carbocycles. The molecule has 1 heterocycles. The Hall–Kier alpha value is 0.110. The lowest BCUT2D eigenvalue weighted by molar-refractivity contribution is 0.192. The minimum atomic E-state index is -2.85. The fraction of sp³-hybridized carbons (Fsp3) is 1.00. The third kappa shape index (κ3) is 1.82. The molecule has 66 valence electrons. The van der Waals surface area contributed by atoms with Crippen molar-refractivity contribution in [1.82, 2.24) is 0 Å². The van der Waals surface area contributed by atoms with Gasteiger partial charge >= 0.3 is 7.60 Å². The van der Waals surface area contributed by atoms with Crippen LogP contribution < -0.4 is 0 Å². The highest BCUT2D eigenvalue weighted by Gasteiger charge is 2.36. The minimum absolute atomic E-state index is 0.0718. The van der Waals surface area contributed by atoms with Crippen LogP contribution in [0.4, 0.5) is 0 Å². The molecule has 0 unspecified atom stereocenters. The monoisotopic (exact) mass is 180 g/mol. The first kappa shape index (κ1) is 9.20. The van der Waals surface area contributed by atoms with Crippen LogP contribution in [-0.4, -0.2) is 33.1 Å². The van der Waals surface area contributed by atoms with Gasteiger partial charge in [-0.05, 0) is 6.42 Å². The van der Waals surface area contributed by atoms with E-state index in [0.29, 0.717) is 13.2 Å². The van der Waals surface area contributed by atoms with E-state index in [1.165, 1.54) is 14.2 Å². The van der Waals surface area contributed by atoms with Gasteiger partial charge in [0.1, 0.15) is 0 Å². The van der Waals surface area contributed by atoms with Crippen molar-refractivity contribution < 1.29 is 18.3 Å². The number of rotatable bonds is 3. The molecule has 4 nitrogen and oxygen atoms in total. The van der Waals surface area contributed by atoms with Gasteiger partial charge in [-0.2, -0.15) is 0 Å². The smallest absolute Gasteiger partial charge is 0.335 e. The van der Waals surface area contributed by atoms with Crippen molar-refractivity contribution in [2.75, 3.05) is 27.4 Å². The summed E-state index contributed by atoms with van der Waals surface area (Å²) in [6.07, 6.45) is 0.763. The molecule has 1 fully saturated rings. The van der Waals surface area contributed by atoms with Crippen molar-refractivity contribution in [1.29, 1.82) is 0 Å². The van der Waals surface area contributed by atoms with Crippen LogP contribution in [0.2, 0.25) is 0 Å². The van der Waals surface area contributed by atoms with Crippen LogP contribution >= 0.6 is 7.60 Å². The lowest BCUT2D eigenvalue weighted by atomic mass is 10.4. The van der Waals surface area contributed by atoms with E-state index < -0.39 is 7.60 Å². The van der Waals surface area contributed by atoms with Gasteiger partial charge in [-0.25, -0.2) is 0 Å². The molecule has 0 aromatic heterocycles. The summed E-state index contributed by atoms with van der Waals surface area (Å²) in [6, 6.07) is 0. The average Bonchev–Trinajstić information content (AvgIpc) is 2.55. The zero-order chi connectivity index (χ0) is 8.32. The van der Waals surface area contributed by atoms with Crippen LogP contribution in [0.1, 0.15) is 6.42 Å². The Kier molecular flexibility index (Phi) is 3.07. The molecule has 1 rings (SSSR count). The molecule has 11 heavy (non-hydrogen) atoms. The van der Waals surface area contributed by atoms with Crippen molar-refractivity contribution >= 4 is 7.60 Å². The molecule has 0 spiro atoms. The lowest BCUT2D eigenvalue weighted by Gasteiger charge is -2.18. The second-order valence-electron chi connectivity index (χ2n) is 2.42. The van der Waals surface area contributed by atoms with Gasteiger partial charge in [0.05, 0.1) is 12.3 Å². The zero-order valence-electron chi connectivity index (χ0n) is 6.78. The third-order valence-corrected chi connectivity index (χ3v) is 4.18. The van der Waals surface area contributed by atoms with Crippen LogP contribution in [-0.2, 0) is 18.3 Å². The number of hydrogen-bond acceptors (Lipinski definition) is 4. The van der Waals surface area contributed by atoms with Gasteiger partial charge in [-0.3, -0.25) is 4.57 Å². The van der Waals surface area contributed by atoms with E-state index in [9.17, 15) is 4.57 Å². The van der Waals surface area contributed by atoms with Gasteiger partial charge in [0.25, 0.3) is 0 Å². The molecule has 1 atom stereocenters. The van der Waals surface area contributed by atoms with Crippen molar-refractivity contribution in [3.63, 3.8) is 0 Å². The van der Waals surface area contributed by atoms with E-state index in [-0.39, 0.29) is 5.66 Å². The molecule has 0 radical (unpaired) electrons. The first-order chi connectivity index (χ1) is 5.23. The summed E-state index contributed by atoms with van der Waals surface area (Å²) in [7, 11) is -0.0431. The van der Waals surface area contributed by atoms with Gasteiger partial charge < -0.3 is 13.8 Å². The number of ether oxygens (including phenoxy) is 1. The van der Waals surface area contributed by atoms with Crippen molar-refractivity contribution in [2.24, 2.45) is 0 Å². The van der Waals surface area contributed by atoms with Gasteiger partial charge in [0.2, 0.25) is 0 Å². The van der Waals surface area contributed by atoms with Crippen LogP contribution in [0.15, 0.2) is 0 Å². The predicted molar refractivity (Wildman–Crippen MR) is 40.8 cm³/mol. The molecule has 0 bridgehead atoms. The van der Waals surface area contributed by atoms with Crippen LogP contribution in [0, 0.1) is 0 Å². The van der Waals surface area contributed by atoms with Gasteiger partial charge in [0.15, 0.2) is 0 Å². The summed E-state index contributed by atoms with van der Waals surface area (Å²) in [4.78, 5) is 0. The average molecular weight is 180 g/mol. The minimum Gasteiger partial charge on any atom is -0.380 e. The van der Waals surface area contributed by atoms with Crippen molar-refractivity contribution in [3.8, 4) is 0 Å². The first-order valence-electron chi connectivity index (χ1n) is 3.52. The van der Waals surface area contributed by atoms with E-state index >= 15 is 0 Å². The maximum atomic E-state index is 11.6. The van der Waals surface area contributed by atoms with E-state index in [1.807, 2.05) is 0 Å². The quantitative estimate of drug-likeness (QED) is 0.613. The Balaban J connectivity index is 2.60. The molecule has 1 aliphatic rings. The standard InChI is InChI=1S/C6H13O4P/c1-8-11(7,9-2)6-3-4-10-5-6/h6H,3-5H2,1-2H3/t6-/m1/s1. The molecule has 0 saturated carbocycles. The van der Waals surface area contributed by atoms with Crippen LogP contribution in [0.5, 0.6) is 0 Å². The van der Waals surface area contributed by atoms with Crippen molar-refractivity contribution in [2.45, 2.75) is 12.1 Å². The summed E-state index contributed by atoms with van der Waals surface area (Å²) >= 11 is 0. The second-order valence-corrected chi connectivity index (χ2v) is 4.96. The maximum Gasteiger partial charge on any atom is 0.335 e. The Bertz CT molecular complexity index is 156. The SMILES string of the molecule is COP(=O)(OC)[C@@H]1CCOC1. The topological polar surface area (TPSA) is 44.8 Å². The van der Waals surface area contributed by atoms with Crippen LogP contribution in [0.3, 0.4) is 0 Å². The maximum absolute atomic E-state index is 11.6. The summed E-state index contributed by atoms with van der Waals surface area (Å²) in [5, 5.41) is 0. The molecular weight excluding hydrogens is 167 g/mol. The Morgan fingerprint density at radius 3 is 2.45 bits per heavy atom. The third-order valence-electron chi connectivity index (χ3n) is 1.86. The molecule has 1 saturated heterocycles. The zero-order valence-corrected chi connectivity index (χ0v) is 7.67. The Labute approximate surface area is 66.4 Å². The highest BCUT2D eigenvalue weighted by atomic mass is 31.2. The van der Waals surface area contributed by atoms with E-state index in [4.69, 9.17) is 13.8 Å². The fourth-order valence-electron chi connectivity index (χ4n) is 1.14. The predicted octanol–water partition coefficient (Wildman–Crippen LogP) is 1.26. The molecule has 0 amide bonds. The summed E-state index contributed by atoms with van der Waals surface area (Å²) < 4.78 is 26.4. The molecule has 5 heteroatoms. The summed E-state index contributed by atoms with van der Waals surface area (Å²) in [6.45, 7) is 1.14. The normalized spacial score (nSPS) is 25.8. The molecular formula is C6H13O4P. The van der Waals surface area contributed by atoms with Gasteiger partial charge in [-0.1, -0.05) is 0 Å². The van der Waals surface area contributed by atoms with E-state index in [1.54, 1.807) is 0 Å². The van der Waals surface area contributed by atoms with E-state index in [2.05, 4.69) is 0 Å². The van der Waals surface area contributed by atoms with Gasteiger partial charge in [-0.15, -0.1) is 0 Å². The molecule has 0 aromatic rings.